The van der Waals surface area contributed by atoms with E-state index in [9.17, 15) is 0 Å². The molecule has 5 heteroatoms. The highest BCUT2D eigenvalue weighted by Crippen LogP contribution is 2.35. The van der Waals surface area contributed by atoms with Crippen LogP contribution < -0.4 is 14.8 Å². The van der Waals surface area contributed by atoms with Gasteiger partial charge in [-0.05, 0) is 31.2 Å². The van der Waals surface area contributed by atoms with Crippen LogP contribution in [0.4, 0.5) is 0 Å². The number of aromatic nitrogens is 1. The van der Waals surface area contributed by atoms with Gasteiger partial charge in [0.15, 0.2) is 11.5 Å². The van der Waals surface area contributed by atoms with Crippen LogP contribution in [0.15, 0.2) is 23.7 Å². The minimum atomic E-state index is 0.152. The van der Waals surface area contributed by atoms with Crippen molar-refractivity contribution in [3.05, 3.63) is 39.8 Å². The molecule has 112 valence electrons. The fraction of sp³-hybridized carbons (Fsp3) is 0.438. The summed E-state index contributed by atoms with van der Waals surface area (Å²) in [5.41, 5.74) is 4.17. The summed E-state index contributed by atoms with van der Waals surface area (Å²) in [5.74, 6) is 1.68. The Bertz CT molecular complexity index is 612. The average Bonchev–Trinajstić information content (AvgIpc) is 2.78. The van der Waals surface area contributed by atoms with Gasteiger partial charge in [-0.25, -0.2) is 4.98 Å². The first-order chi connectivity index (χ1) is 10.3. The van der Waals surface area contributed by atoms with Gasteiger partial charge in [-0.3, -0.25) is 0 Å². The molecule has 0 radical (unpaired) electrons. The third-order valence-corrected chi connectivity index (χ3v) is 4.55. The molecule has 1 atom stereocenters. The summed E-state index contributed by atoms with van der Waals surface area (Å²) in [6.45, 7) is 6.50. The van der Waals surface area contributed by atoms with E-state index in [1.54, 1.807) is 11.3 Å². The van der Waals surface area contributed by atoms with Crippen molar-refractivity contribution >= 4 is 11.3 Å². The molecule has 0 saturated heterocycles. The van der Waals surface area contributed by atoms with Gasteiger partial charge >= 0.3 is 0 Å². The van der Waals surface area contributed by atoms with Crippen molar-refractivity contribution in [2.75, 3.05) is 19.8 Å². The Balaban J connectivity index is 1.96. The molecule has 0 aliphatic carbocycles. The summed E-state index contributed by atoms with van der Waals surface area (Å²) in [4.78, 5) is 5.63. The van der Waals surface area contributed by atoms with Crippen molar-refractivity contribution in [2.45, 2.75) is 26.3 Å². The smallest absolute Gasteiger partial charge is 0.161 e. The van der Waals surface area contributed by atoms with E-state index >= 15 is 0 Å². The Morgan fingerprint density at radius 1 is 1.29 bits per heavy atom. The number of hydrogen-bond donors (Lipinski definition) is 1. The second-order valence-corrected chi connectivity index (χ2v) is 5.94. The molecule has 1 N–H and O–H groups in total. The van der Waals surface area contributed by atoms with E-state index in [4.69, 9.17) is 9.47 Å². The Labute approximate surface area is 129 Å². The Kier molecular flexibility index (Phi) is 4.41. The first kappa shape index (κ1) is 14.4. The topological polar surface area (TPSA) is 43.4 Å². The lowest BCUT2D eigenvalue weighted by Crippen LogP contribution is -2.21. The SMILES string of the molecule is CCNC(c1ccc2c(c1)OCCCO2)c1scnc1C. The van der Waals surface area contributed by atoms with Crippen LogP contribution >= 0.6 is 11.3 Å². The summed E-state index contributed by atoms with van der Waals surface area (Å²) < 4.78 is 11.5. The highest BCUT2D eigenvalue weighted by molar-refractivity contribution is 7.09. The van der Waals surface area contributed by atoms with Crippen molar-refractivity contribution in [1.82, 2.24) is 10.3 Å². The maximum atomic E-state index is 5.80. The minimum absolute atomic E-state index is 0.152. The van der Waals surface area contributed by atoms with Gasteiger partial charge in [0.25, 0.3) is 0 Å². The molecular weight excluding hydrogens is 284 g/mol. The second-order valence-electron chi connectivity index (χ2n) is 5.05. The number of ether oxygens (including phenoxy) is 2. The van der Waals surface area contributed by atoms with E-state index in [2.05, 4.69) is 36.3 Å². The van der Waals surface area contributed by atoms with Crippen LogP contribution in [-0.4, -0.2) is 24.7 Å². The summed E-state index contributed by atoms with van der Waals surface area (Å²) in [5, 5.41) is 3.54. The van der Waals surface area contributed by atoms with Crippen molar-refractivity contribution in [1.29, 1.82) is 0 Å². The first-order valence-electron chi connectivity index (χ1n) is 7.32. The third-order valence-electron chi connectivity index (χ3n) is 3.56. The van der Waals surface area contributed by atoms with Gasteiger partial charge in [0.1, 0.15) is 0 Å². The van der Waals surface area contributed by atoms with E-state index in [0.717, 1.165) is 36.8 Å². The Morgan fingerprint density at radius 2 is 2.10 bits per heavy atom. The van der Waals surface area contributed by atoms with Crippen molar-refractivity contribution < 1.29 is 9.47 Å². The number of nitrogens with zero attached hydrogens (tertiary/aromatic N) is 1. The zero-order valence-corrected chi connectivity index (χ0v) is 13.2. The monoisotopic (exact) mass is 304 g/mol. The average molecular weight is 304 g/mol. The highest BCUT2D eigenvalue weighted by atomic mass is 32.1. The van der Waals surface area contributed by atoms with Gasteiger partial charge in [0.2, 0.25) is 0 Å². The molecule has 0 amide bonds. The molecule has 1 aromatic carbocycles. The quantitative estimate of drug-likeness (QED) is 0.941. The summed E-state index contributed by atoms with van der Waals surface area (Å²) in [6, 6.07) is 6.36. The zero-order chi connectivity index (χ0) is 14.7. The van der Waals surface area contributed by atoms with Gasteiger partial charge < -0.3 is 14.8 Å². The van der Waals surface area contributed by atoms with Crippen LogP contribution in [0.3, 0.4) is 0 Å². The maximum Gasteiger partial charge on any atom is 0.161 e. The second kappa shape index (κ2) is 6.45. The van der Waals surface area contributed by atoms with Gasteiger partial charge in [-0.1, -0.05) is 13.0 Å². The lowest BCUT2D eigenvalue weighted by atomic mass is 10.0. The number of nitrogens with one attached hydrogen (secondary N) is 1. The Morgan fingerprint density at radius 3 is 2.81 bits per heavy atom. The number of thiazole rings is 1. The molecule has 0 saturated carbocycles. The molecule has 1 aliphatic heterocycles. The Hall–Kier alpha value is -1.59. The van der Waals surface area contributed by atoms with E-state index < -0.39 is 0 Å². The fourth-order valence-electron chi connectivity index (χ4n) is 2.51. The van der Waals surface area contributed by atoms with Crippen LogP contribution in [-0.2, 0) is 0 Å². The van der Waals surface area contributed by atoms with E-state index in [1.807, 2.05) is 11.6 Å². The molecule has 1 unspecified atom stereocenters. The normalized spacial score (nSPS) is 15.5. The molecule has 2 aromatic rings. The van der Waals surface area contributed by atoms with Crippen LogP contribution in [0, 0.1) is 6.92 Å². The van der Waals surface area contributed by atoms with Crippen LogP contribution in [0.25, 0.3) is 0 Å². The van der Waals surface area contributed by atoms with Crippen molar-refractivity contribution in [3.8, 4) is 11.5 Å². The standard InChI is InChI=1S/C16H20N2O2S/c1-3-17-15(16-11(2)18-10-21-16)12-5-6-13-14(9-12)20-8-4-7-19-13/h5-6,9-10,15,17H,3-4,7-8H2,1-2H3. The summed E-state index contributed by atoms with van der Waals surface area (Å²) in [6.07, 6.45) is 0.925. The largest absolute Gasteiger partial charge is 0.490 e. The molecule has 1 aliphatic rings. The minimum Gasteiger partial charge on any atom is -0.490 e. The summed E-state index contributed by atoms with van der Waals surface area (Å²) >= 11 is 1.69. The maximum absolute atomic E-state index is 5.80. The molecule has 3 rings (SSSR count). The van der Waals surface area contributed by atoms with Crippen molar-refractivity contribution in [3.63, 3.8) is 0 Å². The predicted molar refractivity (Wildman–Crippen MR) is 84.4 cm³/mol. The molecule has 0 spiro atoms. The zero-order valence-electron chi connectivity index (χ0n) is 12.4. The first-order valence-corrected chi connectivity index (χ1v) is 8.20. The molecule has 1 aromatic heterocycles. The van der Waals surface area contributed by atoms with Crippen molar-refractivity contribution in [2.24, 2.45) is 0 Å². The summed E-state index contributed by atoms with van der Waals surface area (Å²) in [7, 11) is 0. The highest BCUT2D eigenvalue weighted by Gasteiger charge is 2.20. The molecule has 0 bridgehead atoms. The van der Waals surface area contributed by atoms with Gasteiger partial charge in [0.05, 0.1) is 30.5 Å². The van der Waals surface area contributed by atoms with Crippen LogP contribution in [0.5, 0.6) is 11.5 Å². The van der Waals surface area contributed by atoms with E-state index in [1.165, 1.54) is 10.4 Å². The van der Waals surface area contributed by atoms with E-state index in [0.29, 0.717) is 6.61 Å². The molecule has 21 heavy (non-hydrogen) atoms. The molecule has 2 heterocycles. The van der Waals surface area contributed by atoms with Gasteiger partial charge in [-0.15, -0.1) is 11.3 Å². The number of rotatable bonds is 4. The van der Waals surface area contributed by atoms with Crippen LogP contribution in [0.2, 0.25) is 0 Å². The lowest BCUT2D eigenvalue weighted by Gasteiger charge is -2.19. The number of benzene rings is 1. The lowest BCUT2D eigenvalue weighted by molar-refractivity contribution is 0.297. The number of hydrogen-bond acceptors (Lipinski definition) is 5. The molecule has 4 nitrogen and oxygen atoms in total. The number of fused-ring (bicyclic) bond motifs is 1. The fourth-order valence-corrected chi connectivity index (χ4v) is 3.42. The molecule has 0 fully saturated rings. The number of aryl methyl sites for hydroxylation is 1. The molecular formula is C16H20N2O2S. The van der Waals surface area contributed by atoms with E-state index in [-0.39, 0.29) is 6.04 Å². The van der Waals surface area contributed by atoms with Gasteiger partial charge in [0, 0.05) is 11.3 Å². The third kappa shape index (κ3) is 3.04. The van der Waals surface area contributed by atoms with Gasteiger partial charge in [-0.2, -0.15) is 0 Å². The van der Waals surface area contributed by atoms with Crippen LogP contribution in [0.1, 0.15) is 35.5 Å². The predicted octanol–water partition coefficient (Wildman–Crippen LogP) is 3.31.